The van der Waals surface area contributed by atoms with Gasteiger partial charge in [-0.1, -0.05) is 6.07 Å². The van der Waals surface area contributed by atoms with E-state index in [1.165, 1.54) is 4.57 Å². The minimum absolute atomic E-state index is 0.0339. The molecule has 0 unspecified atom stereocenters. The first-order chi connectivity index (χ1) is 11.5. The van der Waals surface area contributed by atoms with Gasteiger partial charge in [0.15, 0.2) is 5.52 Å². The molecule has 0 saturated heterocycles. The van der Waals surface area contributed by atoms with Crippen LogP contribution in [-0.2, 0) is 13.0 Å². The Morgan fingerprint density at radius 1 is 1.17 bits per heavy atom. The van der Waals surface area contributed by atoms with E-state index >= 15 is 0 Å². The van der Waals surface area contributed by atoms with Gasteiger partial charge in [-0.25, -0.2) is 18.7 Å². The normalized spacial score (nSPS) is 16.6. The number of alkyl halides is 2. The largest absolute Gasteiger partial charge is 0.295 e. The van der Waals surface area contributed by atoms with Crippen LogP contribution in [0.25, 0.3) is 22.3 Å². The molecule has 4 rings (SSSR count). The molecule has 0 amide bonds. The molecule has 0 N–H and O–H groups in total. The summed E-state index contributed by atoms with van der Waals surface area (Å²) in [7, 11) is 0. The van der Waals surface area contributed by atoms with Gasteiger partial charge >= 0.3 is 0 Å². The number of nitrogens with zero attached hydrogens (tertiary/aromatic N) is 4. The maximum atomic E-state index is 13.6. The summed E-state index contributed by atoms with van der Waals surface area (Å²) in [6.07, 6.45) is 2.66. The Balaban J connectivity index is 1.87. The molecule has 24 heavy (non-hydrogen) atoms. The molecule has 4 heterocycles. The highest BCUT2D eigenvalue weighted by Crippen LogP contribution is 2.28. The monoisotopic (exact) mass is 328 g/mol. The Labute approximate surface area is 136 Å². The summed E-state index contributed by atoms with van der Waals surface area (Å²) < 4.78 is 28.6. The Morgan fingerprint density at radius 2 is 2.04 bits per heavy atom. The van der Waals surface area contributed by atoms with E-state index in [0.717, 1.165) is 11.3 Å². The Kier molecular flexibility index (Phi) is 3.37. The summed E-state index contributed by atoms with van der Waals surface area (Å²) in [5.41, 5.74) is 1.71. The lowest BCUT2D eigenvalue weighted by molar-refractivity contribution is -0.0153. The van der Waals surface area contributed by atoms with Gasteiger partial charge in [-0.05, 0) is 18.2 Å². The highest BCUT2D eigenvalue weighted by atomic mass is 19.3. The number of hydrogen-bond acceptors (Lipinski definition) is 4. The van der Waals surface area contributed by atoms with Gasteiger partial charge in [0.25, 0.3) is 5.56 Å². The summed E-state index contributed by atoms with van der Waals surface area (Å²) in [5.74, 6) is -2.37. The molecule has 0 bridgehead atoms. The van der Waals surface area contributed by atoms with Crippen LogP contribution in [0.2, 0.25) is 0 Å². The summed E-state index contributed by atoms with van der Waals surface area (Å²) in [6.45, 7) is -0.0339. The summed E-state index contributed by atoms with van der Waals surface area (Å²) in [5, 5.41) is 0. The fourth-order valence-corrected chi connectivity index (χ4v) is 2.94. The zero-order chi connectivity index (χ0) is 16.7. The van der Waals surface area contributed by atoms with Crippen molar-refractivity contribution in [2.75, 3.05) is 0 Å². The Morgan fingerprint density at radius 3 is 2.83 bits per heavy atom. The molecule has 122 valence electrons. The van der Waals surface area contributed by atoms with Gasteiger partial charge in [-0.3, -0.25) is 14.3 Å². The molecule has 0 spiro atoms. The second-order valence-corrected chi connectivity index (χ2v) is 5.90. The van der Waals surface area contributed by atoms with Crippen molar-refractivity contribution in [2.24, 2.45) is 0 Å². The van der Waals surface area contributed by atoms with Gasteiger partial charge in [0, 0.05) is 43.8 Å². The van der Waals surface area contributed by atoms with Crippen molar-refractivity contribution in [1.82, 2.24) is 19.5 Å². The fraction of sp³-hybridized carbons (Fsp3) is 0.294. The van der Waals surface area contributed by atoms with E-state index in [9.17, 15) is 13.6 Å². The van der Waals surface area contributed by atoms with Gasteiger partial charge in [-0.15, -0.1) is 0 Å². The summed E-state index contributed by atoms with van der Waals surface area (Å²) in [6, 6.07) is 7.23. The number of aryl methyl sites for hydroxylation is 1. The average molecular weight is 328 g/mol. The van der Waals surface area contributed by atoms with Crippen LogP contribution in [0.3, 0.4) is 0 Å². The van der Waals surface area contributed by atoms with Crippen molar-refractivity contribution in [1.29, 1.82) is 0 Å². The third-order valence-electron chi connectivity index (χ3n) is 4.25. The molecule has 0 atom stereocenters. The lowest BCUT2D eigenvalue weighted by atomic mass is 10.1. The summed E-state index contributed by atoms with van der Waals surface area (Å²) in [4.78, 5) is 25.5. The molecule has 0 radical (unpaired) electrons. The second kappa shape index (κ2) is 5.43. The minimum Gasteiger partial charge on any atom is -0.295 e. The highest BCUT2D eigenvalue weighted by Gasteiger charge is 2.32. The maximum absolute atomic E-state index is 13.6. The fourth-order valence-electron chi connectivity index (χ4n) is 2.94. The van der Waals surface area contributed by atoms with E-state index in [4.69, 9.17) is 0 Å². The van der Waals surface area contributed by atoms with Gasteiger partial charge in [0.05, 0.1) is 11.2 Å². The SMILES string of the molecule is O=c1c2ncc(-c3ccccn3)cc2nc2n1CCC(F)(F)CC2. The maximum Gasteiger partial charge on any atom is 0.280 e. The van der Waals surface area contributed by atoms with Gasteiger partial charge in [0.1, 0.15) is 5.82 Å². The van der Waals surface area contributed by atoms with Crippen LogP contribution in [0.4, 0.5) is 8.78 Å². The number of aromatic nitrogens is 4. The Bertz CT molecular complexity index is 969. The average Bonchev–Trinajstić information content (AvgIpc) is 2.74. The van der Waals surface area contributed by atoms with Crippen molar-refractivity contribution >= 4 is 11.0 Å². The second-order valence-electron chi connectivity index (χ2n) is 5.90. The lowest BCUT2D eigenvalue weighted by Crippen LogP contribution is -2.25. The van der Waals surface area contributed by atoms with Crippen molar-refractivity contribution in [3.63, 3.8) is 0 Å². The number of rotatable bonds is 1. The number of fused-ring (bicyclic) bond motifs is 2. The molecule has 1 aliphatic rings. The van der Waals surface area contributed by atoms with Gasteiger partial charge in [0.2, 0.25) is 5.92 Å². The summed E-state index contributed by atoms with van der Waals surface area (Å²) >= 11 is 0. The molecule has 3 aromatic heterocycles. The third-order valence-corrected chi connectivity index (χ3v) is 4.25. The number of hydrogen-bond donors (Lipinski definition) is 0. The van der Waals surface area contributed by atoms with Crippen LogP contribution in [0.15, 0.2) is 41.5 Å². The van der Waals surface area contributed by atoms with Crippen LogP contribution in [-0.4, -0.2) is 25.4 Å². The first-order valence-corrected chi connectivity index (χ1v) is 7.72. The smallest absolute Gasteiger partial charge is 0.280 e. The van der Waals surface area contributed by atoms with E-state index in [2.05, 4.69) is 15.0 Å². The highest BCUT2D eigenvalue weighted by molar-refractivity contribution is 5.78. The number of pyridine rings is 2. The van der Waals surface area contributed by atoms with E-state index in [0.29, 0.717) is 11.3 Å². The quantitative estimate of drug-likeness (QED) is 0.689. The van der Waals surface area contributed by atoms with Crippen molar-refractivity contribution in [2.45, 2.75) is 31.7 Å². The zero-order valence-corrected chi connectivity index (χ0v) is 12.7. The predicted molar refractivity (Wildman–Crippen MR) is 84.9 cm³/mol. The van der Waals surface area contributed by atoms with Crippen LogP contribution in [0, 0.1) is 0 Å². The van der Waals surface area contributed by atoms with Gasteiger partial charge < -0.3 is 0 Å². The minimum atomic E-state index is -2.77. The van der Waals surface area contributed by atoms with Crippen molar-refractivity contribution in [3.8, 4) is 11.3 Å². The molecule has 1 aliphatic heterocycles. The lowest BCUT2D eigenvalue weighted by Gasteiger charge is -2.11. The van der Waals surface area contributed by atoms with E-state index < -0.39 is 5.92 Å². The van der Waals surface area contributed by atoms with Gasteiger partial charge in [-0.2, -0.15) is 0 Å². The molecule has 0 aliphatic carbocycles. The molecule has 5 nitrogen and oxygen atoms in total. The van der Waals surface area contributed by atoms with E-state index in [1.54, 1.807) is 18.5 Å². The first kappa shape index (κ1) is 14.9. The topological polar surface area (TPSA) is 60.7 Å². The zero-order valence-electron chi connectivity index (χ0n) is 12.7. The molecular weight excluding hydrogens is 314 g/mol. The standard InChI is InChI=1S/C17H14F2N4O/c18-17(19)5-4-14-22-13-9-11(12-3-1-2-7-20-12)10-21-15(13)16(24)23(14)8-6-17/h1-3,7,9-10H,4-6,8H2. The Hall–Kier alpha value is -2.70. The predicted octanol–water partition coefficient (Wildman–Crippen LogP) is 2.83. The molecule has 0 aromatic carbocycles. The molecular formula is C17H14F2N4O. The van der Waals surface area contributed by atoms with Crippen LogP contribution in [0.5, 0.6) is 0 Å². The van der Waals surface area contributed by atoms with Crippen molar-refractivity contribution in [3.05, 3.63) is 52.8 Å². The van der Waals surface area contributed by atoms with Crippen molar-refractivity contribution < 1.29 is 8.78 Å². The van der Waals surface area contributed by atoms with Crippen LogP contribution >= 0.6 is 0 Å². The van der Waals surface area contributed by atoms with E-state index in [1.807, 2.05) is 18.2 Å². The third kappa shape index (κ3) is 2.55. The molecule has 3 aromatic rings. The molecule has 0 saturated carbocycles. The van der Waals surface area contributed by atoms with Crippen LogP contribution < -0.4 is 5.56 Å². The van der Waals surface area contributed by atoms with Crippen LogP contribution in [0.1, 0.15) is 18.7 Å². The molecule has 7 heteroatoms. The first-order valence-electron chi connectivity index (χ1n) is 7.72. The van der Waals surface area contributed by atoms with E-state index in [-0.39, 0.29) is 36.9 Å². The molecule has 0 fully saturated rings. The number of halogens is 2.